The van der Waals surface area contributed by atoms with E-state index in [1.807, 2.05) is 36.4 Å². The van der Waals surface area contributed by atoms with Gasteiger partial charge in [-0.2, -0.15) is 0 Å². The van der Waals surface area contributed by atoms with Crippen molar-refractivity contribution in [2.24, 2.45) is 0 Å². The van der Waals surface area contributed by atoms with Crippen molar-refractivity contribution >= 4 is 29.1 Å². The third-order valence-corrected chi connectivity index (χ3v) is 6.00. The first kappa shape index (κ1) is 18.7. The van der Waals surface area contributed by atoms with Crippen LogP contribution in [0, 0.1) is 0 Å². The number of benzene rings is 2. The van der Waals surface area contributed by atoms with Gasteiger partial charge in [0.05, 0.1) is 10.6 Å². The fraction of sp³-hybridized carbons (Fsp3) is 0.227. The summed E-state index contributed by atoms with van der Waals surface area (Å²) in [6.07, 6.45) is 1.18. The zero-order chi connectivity index (χ0) is 20.7. The second kappa shape index (κ2) is 7.18. The molecule has 0 unspecified atom stereocenters. The molecule has 2 amide bonds. The lowest BCUT2D eigenvalue weighted by atomic mass is 9.92. The number of amides is 2. The number of piperidine rings is 1. The maximum absolute atomic E-state index is 12.9. The molecule has 0 radical (unpaired) electrons. The fourth-order valence-electron chi connectivity index (χ4n) is 4.03. The zero-order valence-corrected chi connectivity index (χ0v) is 16.8. The molecule has 1 aromatic heterocycles. The molecule has 2 aliphatic heterocycles. The van der Waals surface area contributed by atoms with Crippen LogP contribution in [-0.4, -0.2) is 40.6 Å². The molecule has 0 atom stereocenters. The van der Waals surface area contributed by atoms with Crippen molar-refractivity contribution < 1.29 is 14.1 Å². The minimum atomic E-state index is -0.547. The number of carbonyl (C=O) groups excluding carboxylic acids is 2. The van der Waals surface area contributed by atoms with Crippen LogP contribution in [0.2, 0.25) is 5.02 Å². The van der Waals surface area contributed by atoms with Crippen molar-refractivity contribution in [2.75, 3.05) is 18.4 Å². The number of nitrogens with zero attached hydrogens (tertiary/aromatic N) is 2. The van der Waals surface area contributed by atoms with E-state index in [2.05, 4.69) is 15.8 Å². The Balaban J connectivity index is 1.29. The Morgan fingerprint density at radius 2 is 1.73 bits per heavy atom. The van der Waals surface area contributed by atoms with Gasteiger partial charge < -0.3 is 20.1 Å². The van der Waals surface area contributed by atoms with Gasteiger partial charge in [0.25, 0.3) is 11.8 Å². The summed E-state index contributed by atoms with van der Waals surface area (Å²) < 4.78 is 5.36. The number of fused-ring (bicyclic) bond motifs is 1. The first-order valence-electron chi connectivity index (χ1n) is 9.75. The van der Waals surface area contributed by atoms with Gasteiger partial charge in [-0.15, -0.1) is 0 Å². The predicted octanol–water partition coefficient (Wildman–Crippen LogP) is 3.78. The van der Waals surface area contributed by atoms with Crippen molar-refractivity contribution in [3.8, 4) is 11.3 Å². The highest BCUT2D eigenvalue weighted by atomic mass is 35.5. The molecule has 0 aliphatic carbocycles. The highest BCUT2D eigenvalue weighted by molar-refractivity contribution is 6.33. The highest BCUT2D eigenvalue weighted by Crippen LogP contribution is 2.32. The molecule has 152 valence electrons. The van der Waals surface area contributed by atoms with Crippen LogP contribution in [0.5, 0.6) is 0 Å². The summed E-state index contributed by atoms with van der Waals surface area (Å²) in [7, 11) is 0. The van der Waals surface area contributed by atoms with Gasteiger partial charge >= 0.3 is 0 Å². The van der Waals surface area contributed by atoms with Crippen molar-refractivity contribution in [3.63, 3.8) is 0 Å². The van der Waals surface area contributed by atoms with E-state index in [9.17, 15) is 9.59 Å². The third kappa shape index (κ3) is 3.21. The Hall–Kier alpha value is -3.32. The molecule has 5 rings (SSSR count). The van der Waals surface area contributed by atoms with Crippen LogP contribution in [0.25, 0.3) is 11.3 Å². The van der Waals surface area contributed by atoms with Crippen molar-refractivity contribution in [1.29, 1.82) is 0 Å². The molecule has 1 fully saturated rings. The maximum atomic E-state index is 12.9. The van der Waals surface area contributed by atoms with Gasteiger partial charge in [0.1, 0.15) is 5.66 Å². The number of likely N-dealkylation sites (tertiary alicyclic amines) is 1. The van der Waals surface area contributed by atoms with Crippen LogP contribution in [0.1, 0.15) is 33.7 Å². The summed E-state index contributed by atoms with van der Waals surface area (Å²) in [5.74, 6) is 0.162. The van der Waals surface area contributed by atoms with E-state index in [-0.39, 0.29) is 17.5 Å². The average Bonchev–Trinajstić information content (AvgIpc) is 3.24. The SMILES string of the molecule is O=C1NC2(CCN(C(=O)c3cc(-c4ccccc4Cl)on3)CC2)Nc2ccccc21. The topological polar surface area (TPSA) is 87.5 Å². The minimum absolute atomic E-state index is 0.0926. The first-order valence-corrected chi connectivity index (χ1v) is 10.1. The molecule has 3 aromatic rings. The zero-order valence-electron chi connectivity index (χ0n) is 16.0. The Labute approximate surface area is 178 Å². The molecular weight excluding hydrogens is 404 g/mol. The molecule has 2 aliphatic rings. The Bertz CT molecular complexity index is 1130. The molecule has 7 nitrogen and oxygen atoms in total. The van der Waals surface area contributed by atoms with Gasteiger partial charge in [0, 0.05) is 43.2 Å². The standard InChI is InChI=1S/C22H19ClN4O3/c23-16-7-3-1-5-14(16)19-13-18(26-30-19)21(29)27-11-9-22(10-12-27)24-17-8-4-2-6-15(17)20(28)25-22/h1-8,13,24H,9-12H2,(H,25,28). The molecule has 1 spiro atoms. The molecule has 0 saturated carbocycles. The summed E-state index contributed by atoms with van der Waals surface area (Å²) in [6, 6.07) is 16.3. The third-order valence-electron chi connectivity index (χ3n) is 5.67. The summed E-state index contributed by atoms with van der Waals surface area (Å²) in [5.41, 5.74) is 1.84. The molecule has 30 heavy (non-hydrogen) atoms. The minimum Gasteiger partial charge on any atom is -0.362 e. The fourth-order valence-corrected chi connectivity index (χ4v) is 4.26. The number of anilines is 1. The molecule has 1 saturated heterocycles. The number of carbonyl (C=O) groups is 2. The molecule has 2 N–H and O–H groups in total. The summed E-state index contributed by atoms with van der Waals surface area (Å²) in [5, 5.41) is 11.0. The molecule has 0 bridgehead atoms. The Kier molecular flexibility index (Phi) is 4.47. The van der Waals surface area contributed by atoms with Crippen molar-refractivity contribution in [3.05, 3.63) is 70.9 Å². The van der Waals surface area contributed by atoms with Gasteiger partial charge in [0.2, 0.25) is 0 Å². The number of hydrogen-bond acceptors (Lipinski definition) is 5. The van der Waals surface area contributed by atoms with E-state index in [4.69, 9.17) is 16.1 Å². The number of aromatic nitrogens is 1. The van der Waals surface area contributed by atoms with Crippen LogP contribution in [0.4, 0.5) is 5.69 Å². The Morgan fingerprint density at radius 1 is 1.03 bits per heavy atom. The maximum Gasteiger partial charge on any atom is 0.276 e. The molecule has 8 heteroatoms. The smallest absolute Gasteiger partial charge is 0.276 e. The highest BCUT2D eigenvalue weighted by Gasteiger charge is 2.41. The molecular formula is C22H19ClN4O3. The van der Waals surface area contributed by atoms with Gasteiger partial charge in [0.15, 0.2) is 11.5 Å². The summed E-state index contributed by atoms with van der Waals surface area (Å²) >= 11 is 6.20. The van der Waals surface area contributed by atoms with Crippen LogP contribution in [0.3, 0.4) is 0 Å². The van der Waals surface area contributed by atoms with E-state index in [1.165, 1.54) is 0 Å². The quantitative estimate of drug-likeness (QED) is 0.656. The van der Waals surface area contributed by atoms with Crippen LogP contribution in [-0.2, 0) is 0 Å². The number of rotatable bonds is 2. The monoisotopic (exact) mass is 422 g/mol. The van der Waals surface area contributed by atoms with Crippen LogP contribution >= 0.6 is 11.6 Å². The molecule has 3 heterocycles. The van der Waals surface area contributed by atoms with E-state index < -0.39 is 5.66 Å². The summed E-state index contributed by atoms with van der Waals surface area (Å²) in [6.45, 7) is 0.977. The normalized spacial score (nSPS) is 17.2. The van der Waals surface area contributed by atoms with Crippen LogP contribution in [0.15, 0.2) is 59.1 Å². The lowest BCUT2D eigenvalue weighted by molar-refractivity contribution is 0.0631. The second-order valence-corrected chi connectivity index (χ2v) is 7.96. The summed E-state index contributed by atoms with van der Waals surface area (Å²) in [4.78, 5) is 27.2. The van der Waals surface area contributed by atoms with E-state index in [0.29, 0.717) is 47.8 Å². The first-order chi connectivity index (χ1) is 14.5. The van der Waals surface area contributed by atoms with E-state index >= 15 is 0 Å². The lowest BCUT2D eigenvalue weighted by Gasteiger charge is -2.45. The van der Waals surface area contributed by atoms with Crippen molar-refractivity contribution in [1.82, 2.24) is 15.4 Å². The number of nitrogens with one attached hydrogen (secondary N) is 2. The molecule has 2 aromatic carbocycles. The van der Waals surface area contributed by atoms with Gasteiger partial charge in [-0.3, -0.25) is 9.59 Å². The Morgan fingerprint density at radius 3 is 2.50 bits per heavy atom. The van der Waals surface area contributed by atoms with E-state index in [1.54, 1.807) is 23.1 Å². The van der Waals surface area contributed by atoms with Gasteiger partial charge in [-0.1, -0.05) is 41.0 Å². The lowest BCUT2D eigenvalue weighted by Crippen LogP contribution is -2.62. The van der Waals surface area contributed by atoms with E-state index in [0.717, 1.165) is 5.69 Å². The number of halogens is 1. The average molecular weight is 423 g/mol. The van der Waals surface area contributed by atoms with Crippen LogP contribution < -0.4 is 10.6 Å². The number of hydrogen-bond donors (Lipinski definition) is 2. The van der Waals surface area contributed by atoms with Gasteiger partial charge in [-0.25, -0.2) is 0 Å². The van der Waals surface area contributed by atoms with Crippen molar-refractivity contribution in [2.45, 2.75) is 18.5 Å². The number of para-hydroxylation sites is 1. The largest absolute Gasteiger partial charge is 0.362 e. The predicted molar refractivity (Wildman–Crippen MR) is 112 cm³/mol. The second-order valence-electron chi connectivity index (χ2n) is 7.56. The van der Waals surface area contributed by atoms with Gasteiger partial charge in [-0.05, 0) is 24.3 Å².